The molecule has 3 aliphatic heterocycles. The highest BCUT2D eigenvalue weighted by atomic mass is 127. The van der Waals surface area contributed by atoms with E-state index >= 15 is 0 Å². The van der Waals surface area contributed by atoms with E-state index in [4.69, 9.17) is 14.2 Å². The number of carbonyl (C=O) groups excluding carboxylic acids is 1. The Balaban J connectivity index is 1.24. The molecule has 0 radical (unpaired) electrons. The van der Waals surface area contributed by atoms with Crippen molar-refractivity contribution >= 4 is 38.5 Å². The number of aliphatic hydroxyl groups excluding tert-OH is 1. The fourth-order valence-corrected chi connectivity index (χ4v) is 8.15. The lowest BCUT2D eigenvalue weighted by molar-refractivity contribution is -0.153. The Hall–Kier alpha value is -2.23. The predicted molar refractivity (Wildman–Crippen MR) is 179 cm³/mol. The number of halogens is 1. The number of methoxy groups -OCH3 is 1. The largest absolute Gasteiger partial charge is 0.497 e. The fourth-order valence-electron chi connectivity index (χ4n) is 6.37. The number of nitrogens with zero attached hydrogens (tertiary/aromatic N) is 3. The van der Waals surface area contributed by atoms with Crippen LogP contribution in [0.2, 0.25) is 0 Å². The molecule has 5 rings (SSSR count). The lowest BCUT2D eigenvalue weighted by Crippen LogP contribution is -2.49. The number of rotatable bonds is 12. The number of ether oxygens (including phenoxy) is 3. The SMILES string of the molecule is COc1ccc(S(=O)(=O)N(CCO)CCO[C@H]2C[C@@H](c3ccc(I)cc3)C=C(C(=O)N3CCC(N4CCCCC4)CC3)O2)cc1. The van der Waals surface area contributed by atoms with Gasteiger partial charge < -0.3 is 29.1 Å². The molecule has 0 saturated carbocycles. The van der Waals surface area contributed by atoms with Crippen LogP contribution in [0.1, 0.15) is 50.0 Å². The first-order chi connectivity index (χ1) is 21.8. The van der Waals surface area contributed by atoms with E-state index in [1.165, 1.54) is 42.8 Å². The standard InChI is InChI=1S/C33H44IN3O7S/c1-42-29-9-11-30(12-10-29)45(40,41)37(19-21-38)20-22-43-32-24-26(25-5-7-27(34)8-6-25)23-31(44-32)33(39)36-17-13-28(14-18-36)35-15-3-2-4-16-35/h5-12,23,26,28,32,38H,2-4,13-22,24H2,1H3/t26-,32+/m0/s1. The normalized spacial score (nSPS) is 21.8. The first-order valence-electron chi connectivity index (χ1n) is 15.8. The highest BCUT2D eigenvalue weighted by molar-refractivity contribution is 14.1. The van der Waals surface area contributed by atoms with E-state index in [1.807, 2.05) is 23.1 Å². The molecule has 0 unspecified atom stereocenters. The van der Waals surface area contributed by atoms with E-state index in [0.29, 0.717) is 31.3 Å². The summed E-state index contributed by atoms with van der Waals surface area (Å²) in [5, 5.41) is 9.62. The molecule has 3 aliphatic rings. The third-order valence-electron chi connectivity index (χ3n) is 8.92. The van der Waals surface area contributed by atoms with Crippen molar-refractivity contribution in [1.29, 1.82) is 0 Å². The van der Waals surface area contributed by atoms with Gasteiger partial charge in [0, 0.05) is 48.1 Å². The summed E-state index contributed by atoms with van der Waals surface area (Å²) in [4.78, 5) is 18.3. The molecule has 45 heavy (non-hydrogen) atoms. The van der Waals surface area contributed by atoms with Crippen molar-refractivity contribution in [1.82, 2.24) is 14.1 Å². The van der Waals surface area contributed by atoms with Gasteiger partial charge in [0.1, 0.15) is 5.75 Å². The summed E-state index contributed by atoms with van der Waals surface area (Å²) in [7, 11) is -2.36. The van der Waals surface area contributed by atoms with E-state index in [2.05, 4.69) is 39.6 Å². The summed E-state index contributed by atoms with van der Waals surface area (Å²) in [6.07, 6.45) is 7.41. The van der Waals surface area contributed by atoms with Gasteiger partial charge in [-0.25, -0.2) is 8.42 Å². The number of allylic oxidation sites excluding steroid dienone is 1. The lowest BCUT2D eigenvalue weighted by Gasteiger charge is -2.40. The molecule has 0 bridgehead atoms. The molecule has 12 heteroatoms. The molecule has 10 nitrogen and oxygen atoms in total. The third kappa shape index (κ3) is 8.77. The van der Waals surface area contributed by atoms with Gasteiger partial charge in [0.2, 0.25) is 16.3 Å². The number of carbonyl (C=O) groups is 1. The summed E-state index contributed by atoms with van der Waals surface area (Å²) in [6, 6.07) is 14.9. The summed E-state index contributed by atoms with van der Waals surface area (Å²) in [5.74, 6) is 0.610. The maximum Gasteiger partial charge on any atom is 0.288 e. The van der Waals surface area contributed by atoms with Crippen molar-refractivity contribution in [3.05, 3.63) is 69.5 Å². The van der Waals surface area contributed by atoms with Crippen molar-refractivity contribution in [2.45, 2.75) is 61.7 Å². The maximum absolute atomic E-state index is 13.8. The zero-order valence-corrected chi connectivity index (χ0v) is 28.8. The number of hydrogen-bond donors (Lipinski definition) is 1. The summed E-state index contributed by atoms with van der Waals surface area (Å²) in [5.41, 5.74) is 1.06. The first-order valence-corrected chi connectivity index (χ1v) is 18.3. The maximum atomic E-state index is 13.8. The van der Waals surface area contributed by atoms with E-state index in [9.17, 15) is 18.3 Å². The van der Waals surface area contributed by atoms with Gasteiger partial charge in [-0.1, -0.05) is 18.6 Å². The Bertz CT molecular complexity index is 1390. The van der Waals surface area contributed by atoms with Crippen molar-refractivity contribution in [3.63, 3.8) is 0 Å². The minimum absolute atomic E-state index is 0.0139. The van der Waals surface area contributed by atoms with Crippen LogP contribution in [0, 0.1) is 3.57 Å². The van der Waals surface area contributed by atoms with Gasteiger partial charge in [0.05, 0.1) is 25.2 Å². The Morgan fingerprint density at radius 1 is 1.00 bits per heavy atom. The molecule has 2 aromatic rings. The van der Waals surface area contributed by atoms with E-state index < -0.39 is 16.3 Å². The summed E-state index contributed by atoms with van der Waals surface area (Å²) >= 11 is 2.27. The number of sulfonamides is 1. The molecule has 1 N–H and O–H groups in total. The van der Waals surface area contributed by atoms with Crippen LogP contribution in [0.15, 0.2) is 65.3 Å². The molecular formula is C33H44IN3O7S. The molecular weight excluding hydrogens is 709 g/mol. The monoisotopic (exact) mass is 753 g/mol. The minimum Gasteiger partial charge on any atom is -0.497 e. The van der Waals surface area contributed by atoms with E-state index in [0.717, 1.165) is 35.1 Å². The van der Waals surface area contributed by atoms with Crippen LogP contribution < -0.4 is 4.74 Å². The highest BCUT2D eigenvalue weighted by Gasteiger charge is 2.34. The quantitative estimate of drug-likeness (QED) is 0.322. The van der Waals surface area contributed by atoms with Crippen LogP contribution in [-0.2, 0) is 24.3 Å². The van der Waals surface area contributed by atoms with Crippen LogP contribution in [0.4, 0.5) is 0 Å². The minimum atomic E-state index is -3.88. The zero-order valence-electron chi connectivity index (χ0n) is 25.9. The van der Waals surface area contributed by atoms with Gasteiger partial charge in [-0.15, -0.1) is 0 Å². The number of benzene rings is 2. The molecule has 0 aliphatic carbocycles. The van der Waals surface area contributed by atoms with Crippen molar-refractivity contribution in [2.75, 3.05) is 59.6 Å². The molecule has 246 valence electrons. The number of piperidine rings is 2. The number of likely N-dealkylation sites (tertiary alicyclic amines) is 2. The second-order valence-electron chi connectivity index (χ2n) is 11.8. The third-order valence-corrected chi connectivity index (χ3v) is 11.5. The zero-order chi connectivity index (χ0) is 31.8. The molecule has 3 heterocycles. The molecule has 1 amide bonds. The molecule has 0 spiro atoms. The highest BCUT2D eigenvalue weighted by Crippen LogP contribution is 2.33. The van der Waals surface area contributed by atoms with Gasteiger partial charge in [0.25, 0.3) is 5.91 Å². The lowest BCUT2D eigenvalue weighted by atomic mass is 9.92. The predicted octanol–water partition coefficient (Wildman–Crippen LogP) is 4.19. The van der Waals surface area contributed by atoms with Crippen molar-refractivity contribution < 1.29 is 32.5 Å². The van der Waals surface area contributed by atoms with Crippen LogP contribution in [-0.4, -0.2) is 105 Å². The molecule has 2 aromatic carbocycles. The molecule has 2 saturated heterocycles. The Kier molecular flexibility index (Phi) is 12.2. The van der Waals surface area contributed by atoms with Crippen LogP contribution >= 0.6 is 22.6 Å². The molecule has 2 fully saturated rings. The Labute approximate surface area is 280 Å². The van der Waals surface area contributed by atoms with Crippen LogP contribution in [0.5, 0.6) is 5.75 Å². The van der Waals surface area contributed by atoms with Gasteiger partial charge >= 0.3 is 0 Å². The van der Waals surface area contributed by atoms with Crippen LogP contribution in [0.25, 0.3) is 0 Å². The Morgan fingerprint density at radius 3 is 2.33 bits per heavy atom. The van der Waals surface area contributed by atoms with Crippen molar-refractivity contribution in [2.24, 2.45) is 0 Å². The van der Waals surface area contributed by atoms with E-state index in [1.54, 1.807) is 12.1 Å². The fraction of sp³-hybridized carbons (Fsp3) is 0.545. The molecule has 2 atom stereocenters. The van der Waals surface area contributed by atoms with Gasteiger partial charge in [-0.2, -0.15) is 4.31 Å². The number of aliphatic hydroxyl groups is 1. The topological polar surface area (TPSA) is 109 Å². The average Bonchev–Trinajstić information content (AvgIpc) is 3.08. The molecule has 0 aromatic heterocycles. The van der Waals surface area contributed by atoms with Crippen molar-refractivity contribution in [3.8, 4) is 5.75 Å². The van der Waals surface area contributed by atoms with E-state index in [-0.39, 0.29) is 48.8 Å². The summed E-state index contributed by atoms with van der Waals surface area (Å²) < 4.78 is 46.4. The smallest absolute Gasteiger partial charge is 0.288 e. The van der Waals surface area contributed by atoms with Gasteiger partial charge in [-0.05, 0) is 109 Å². The number of amides is 1. The summed E-state index contributed by atoms with van der Waals surface area (Å²) in [6.45, 7) is 3.33. The average molecular weight is 754 g/mol. The first kappa shape index (κ1) is 34.1. The number of hydrogen-bond acceptors (Lipinski definition) is 8. The Morgan fingerprint density at radius 2 is 1.69 bits per heavy atom. The van der Waals surface area contributed by atoms with Crippen LogP contribution in [0.3, 0.4) is 0 Å². The van der Waals surface area contributed by atoms with Gasteiger partial charge in [0.15, 0.2) is 5.76 Å². The second kappa shape index (κ2) is 16.1. The van der Waals surface area contributed by atoms with Gasteiger partial charge in [-0.3, -0.25) is 4.79 Å². The second-order valence-corrected chi connectivity index (χ2v) is 14.9.